The number of sulfonamides is 1. The summed E-state index contributed by atoms with van der Waals surface area (Å²) >= 11 is 0. The zero-order valence-corrected chi connectivity index (χ0v) is 21.3. The van der Waals surface area contributed by atoms with Crippen LogP contribution in [-0.2, 0) is 36.5 Å². The van der Waals surface area contributed by atoms with Gasteiger partial charge in [0, 0.05) is 6.42 Å². The lowest BCUT2D eigenvalue weighted by Crippen LogP contribution is -2.61. The molecule has 1 atom stereocenters. The van der Waals surface area contributed by atoms with Gasteiger partial charge in [0.15, 0.2) is 0 Å². The molecule has 1 aliphatic carbocycles. The first kappa shape index (κ1) is 26.7. The van der Waals surface area contributed by atoms with Gasteiger partial charge in [-0.2, -0.15) is 0 Å². The standard InChI is InChI=1S/C26H34N2O6S/c1-25(2,3)34-23(30)22(17-19-11-13-21(29)14-12-19)28(24(31)26(27)15-7-8-16-26)35(32,33)18-20-9-5-4-6-10-20/h4-6,9-14,22,29H,7-8,15-18,27H2,1-3H3/t22-/m0/s1. The van der Waals surface area contributed by atoms with Gasteiger partial charge in [0.25, 0.3) is 5.91 Å². The Balaban J connectivity index is 2.10. The molecule has 35 heavy (non-hydrogen) atoms. The van der Waals surface area contributed by atoms with Crippen LogP contribution in [0.4, 0.5) is 0 Å². The second-order valence-corrected chi connectivity index (χ2v) is 12.0. The zero-order valence-electron chi connectivity index (χ0n) is 20.4. The minimum atomic E-state index is -4.32. The highest BCUT2D eigenvalue weighted by molar-refractivity contribution is 7.88. The van der Waals surface area contributed by atoms with Crippen LogP contribution in [0.5, 0.6) is 5.75 Å². The summed E-state index contributed by atoms with van der Waals surface area (Å²) in [4.78, 5) is 27.3. The number of rotatable bonds is 8. The van der Waals surface area contributed by atoms with Gasteiger partial charge in [-0.15, -0.1) is 0 Å². The molecule has 2 aromatic rings. The van der Waals surface area contributed by atoms with Crippen molar-refractivity contribution in [3.63, 3.8) is 0 Å². The van der Waals surface area contributed by atoms with Crippen LogP contribution >= 0.6 is 0 Å². The first-order valence-electron chi connectivity index (χ1n) is 11.7. The number of hydrogen-bond donors (Lipinski definition) is 2. The van der Waals surface area contributed by atoms with E-state index in [1.54, 1.807) is 63.2 Å². The number of phenols is 1. The Morgan fingerprint density at radius 2 is 1.60 bits per heavy atom. The molecule has 2 aromatic carbocycles. The van der Waals surface area contributed by atoms with Crippen LogP contribution in [0.25, 0.3) is 0 Å². The summed E-state index contributed by atoms with van der Waals surface area (Å²) in [5, 5.41) is 9.65. The maximum Gasteiger partial charge on any atom is 0.330 e. The first-order valence-corrected chi connectivity index (χ1v) is 13.3. The summed E-state index contributed by atoms with van der Waals surface area (Å²) in [7, 11) is -4.32. The summed E-state index contributed by atoms with van der Waals surface area (Å²) in [6.07, 6.45) is 1.95. The van der Waals surface area contributed by atoms with Gasteiger partial charge in [-0.25, -0.2) is 17.5 Å². The Bertz CT molecular complexity index is 1130. The normalized spacial score (nSPS) is 16.5. The quantitative estimate of drug-likeness (QED) is 0.530. The van der Waals surface area contributed by atoms with E-state index in [4.69, 9.17) is 10.5 Å². The molecule has 3 rings (SSSR count). The van der Waals surface area contributed by atoms with E-state index in [1.165, 1.54) is 12.1 Å². The van der Waals surface area contributed by atoms with Crippen molar-refractivity contribution in [2.75, 3.05) is 0 Å². The predicted octanol–water partition coefficient (Wildman–Crippen LogP) is 3.28. The largest absolute Gasteiger partial charge is 0.508 e. The van der Waals surface area contributed by atoms with Gasteiger partial charge in [-0.1, -0.05) is 55.3 Å². The summed E-state index contributed by atoms with van der Waals surface area (Å²) < 4.78 is 33.8. The van der Waals surface area contributed by atoms with Gasteiger partial charge >= 0.3 is 5.97 Å². The molecule has 1 aliphatic rings. The van der Waals surface area contributed by atoms with Crippen molar-refractivity contribution in [1.82, 2.24) is 4.31 Å². The monoisotopic (exact) mass is 502 g/mol. The number of phenolic OH excluding ortho intramolecular Hbond substituents is 1. The summed E-state index contributed by atoms with van der Waals surface area (Å²) in [5.41, 5.74) is 5.19. The number of nitrogens with two attached hydrogens (primary N) is 1. The second kappa shape index (κ2) is 10.4. The molecule has 0 saturated heterocycles. The Kier molecular flexibility index (Phi) is 7.91. The van der Waals surface area contributed by atoms with E-state index >= 15 is 0 Å². The lowest BCUT2D eigenvalue weighted by molar-refractivity contribution is -0.162. The average molecular weight is 503 g/mol. The highest BCUT2D eigenvalue weighted by Crippen LogP contribution is 2.32. The van der Waals surface area contributed by atoms with E-state index in [0.29, 0.717) is 41.1 Å². The van der Waals surface area contributed by atoms with E-state index < -0.39 is 44.8 Å². The van der Waals surface area contributed by atoms with Crippen LogP contribution in [0.1, 0.15) is 57.6 Å². The highest BCUT2D eigenvalue weighted by Gasteiger charge is 2.49. The molecule has 1 amide bonds. The fourth-order valence-electron chi connectivity index (χ4n) is 4.24. The fourth-order valence-corrected chi connectivity index (χ4v) is 5.98. The number of ether oxygens (including phenoxy) is 1. The molecule has 0 radical (unpaired) electrons. The Hall–Kier alpha value is -2.91. The summed E-state index contributed by atoms with van der Waals surface area (Å²) in [6.45, 7) is 5.03. The summed E-state index contributed by atoms with van der Waals surface area (Å²) in [6, 6.07) is 13.1. The van der Waals surface area contributed by atoms with Crippen molar-refractivity contribution >= 4 is 21.9 Å². The van der Waals surface area contributed by atoms with Crippen LogP contribution in [-0.4, -0.2) is 46.9 Å². The number of amides is 1. The van der Waals surface area contributed by atoms with Crippen molar-refractivity contribution in [3.8, 4) is 5.75 Å². The minimum absolute atomic E-state index is 0.0269. The van der Waals surface area contributed by atoms with E-state index in [-0.39, 0.29) is 12.2 Å². The smallest absolute Gasteiger partial charge is 0.330 e. The fraction of sp³-hybridized carbons (Fsp3) is 0.462. The molecule has 0 aliphatic heterocycles. The molecule has 0 heterocycles. The van der Waals surface area contributed by atoms with Gasteiger partial charge in [-0.3, -0.25) is 4.79 Å². The molecule has 1 fully saturated rings. The number of carbonyl (C=O) groups is 2. The zero-order chi connectivity index (χ0) is 25.9. The highest BCUT2D eigenvalue weighted by atomic mass is 32.2. The third-order valence-electron chi connectivity index (χ3n) is 5.94. The minimum Gasteiger partial charge on any atom is -0.508 e. The van der Waals surface area contributed by atoms with Crippen molar-refractivity contribution in [2.45, 2.75) is 75.8 Å². The number of carbonyl (C=O) groups excluding carboxylic acids is 2. The van der Waals surface area contributed by atoms with Gasteiger partial charge in [0.2, 0.25) is 10.0 Å². The molecular weight excluding hydrogens is 468 g/mol. The lowest BCUT2D eigenvalue weighted by atomic mass is 9.96. The molecule has 0 spiro atoms. The number of benzene rings is 2. The van der Waals surface area contributed by atoms with Gasteiger partial charge in [0.1, 0.15) is 17.4 Å². The van der Waals surface area contributed by atoms with Crippen LogP contribution in [0.2, 0.25) is 0 Å². The molecule has 0 unspecified atom stereocenters. The van der Waals surface area contributed by atoms with Gasteiger partial charge in [-0.05, 0) is 56.9 Å². The molecule has 190 valence electrons. The topological polar surface area (TPSA) is 127 Å². The molecule has 0 bridgehead atoms. The third kappa shape index (κ3) is 6.82. The number of aromatic hydroxyl groups is 1. The molecule has 3 N–H and O–H groups in total. The van der Waals surface area contributed by atoms with Crippen molar-refractivity contribution < 1.29 is 27.9 Å². The number of hydrogen-bond acceptors (Lipinski definition) is 7. The molecule has 0 aromatic heterocycles. The number of nitrogens with zero attached hydrogens (tertiary/aromatic N) is 1. The Morgan fingerprint density at radius 3 is 2.14 bits per heavy atom. The molecule has 1 saturated carbocycles. The average Bonchev–Trinajstić information content (AvgIpc) is 3.21. The summed E-state index contributed by atoms with van der Waals surface area (Å²) in [5.74, 6) is -2.07. The van der Waals surface area contributed by atoms with Gasteiger partial charge in [0.05, 0.1) is 11.3 Å². The van der Waals surface area contributed by atoms with E-state index in [9.17, 15) is 23.1 Å². The third-order valence-corrected chi connectivity index (χ3v) is 7.66. The Morgan fingerprint density at radius 1 is 1.03 bits per heavy atom. The van der Waals surface area contributed by atoms with E-state index in [1.807, 2.05) is 0 Å². The van der Waals surface area contributed by atoms with Crippen LogP contribution < -0.4 is 5.73 Å². The second-order valence-electron chi connectivity index (χ2n) is 10.1. The molecule has 8 nitrogen and oxygen atoms in total. The maximum absolute atomic E-state index is 13.8. The Labute approximate surface area is 207 Å². The molecular formula is C26H34N2O6S. The number of esters is 1. The lowest BCUT2D eigenvalue weighted by Gasteiger charge is -2.36. The van der Waals surface area contributed by atoms with E-state index in [2.05, 4.69) is 0 Å². The van der Waals surface area contributed by atoms with Crippen LogP contribution in [0, 0.1) is 0 Å². The first-order chi connectivity index (χ1) is 16.3. The maximum atomic E-state index is 13.8. The van der Waals surface area contributed by atoms with Crippen LogP contribution in [0.3, 0.4) is 0 Å². The SMILES string of the molecule is CC(C)(C)OC(=O)[C@H](Cc1ccc(O)cc1)N(C(=O)C1(N)CCCC1)S(=O)(=O)Cc1ccccc1. The van der Waals surface area contributed by atoms with Crippen molar-refractivity contribution in [3.05, 3.63) is 65.7 Å². The van der Waals surface area contributed by atoms with Crippen molar-refractivity contribution in [2.24, 2.45) is 5.73 Å². The predicted molar refractivity (Wildman–Crippen MR) is 133 cm³/mol. The van der Waals surface area contributed by atoms with Gasteiger partial charge < -0.3 is 15.6 Å². The van der Waals surface area contributed by atoms with E-state index in [0.717, 1.165) is 0 Å². The molecule has 9 heteroatoms. The van der Waals surface area contributed by atoms with Crippen LogP contribution in [0.15, 0.2) is 54.6 Å². The van der Waals surface area contributed by atoms with Crippen molar-refractivity contribution in [1.29, 1.82) is 0 Å².